The van der Waals surface area contributed by atoms with Crippen molar-refractivity contribution in [2.24, 2.45) is 7.05 Å². The van der Waals surface area contributed by atoms with Gasteiger partial charge in [0.05, 0.1) is 23.4 Å². The quantitative estimate of drug-likeness (QED) is 0.645. The highest BCUT2D eigenvalue weighted by molar-refractivity contribution is 7.10. The lowest BCUT2D eigenvalue weighted by molar-refractivity contribution is 0.0525. The monoisotopic (exact) mass is 374 g/mol. The van der Waals surface area contributed by atoms with Crippen LogP contribution in [0.3, 0.4) is 0 Å². The molecule has 0 saturated heterocycles. The predicted octanol–water partition coefficient (Wildman–Crippen LogP) is 2.83. The fourth-order valence-electron chi connectivity index (χ4n) is 2.89. The zero-order chi connectivity index (χ0) is 18.9. The molecule has 0 aliphatic rings. The number of carbonyl (C=O) groups is 1. The molecule has 8 heteroatoms. The lowest BCUT2D eigenvalue weighted by Gasteiger charge is -2.24. The van der Waals surface area contributed by atoms with E-state index in [1.54, 1.807) is 25.6 Å². The number of thiophene rings is 1. The number of rotatable bonds is 6. The number of hydrogen-bond acceptors (Lipinski definition) is 7. The molecule has 1 unspecified atom stereocenters. The van der Waals surface area contributed by atoms with E-state index in [4.69, 9.17) is 4.74 Å². The number of ether oxygens (including phenoxy) is 1. The Balaban J connectivity index is 2.04. The van der Waals surface area contributed by atoms with Crippen molar-refractivity contribution in [3.63, 3.8) is 0 Å². The molecule has 0 aliphatic heterocycles. The number of pyridine rings is 1. The average molecular weight is 374 g/mol. The Labute approximate surface area is 155 Å². The van der Waals surface area contributed by atoms with E-state index in [0.717, 1.165) is 16.0 Å². The molecule has 3 aromatic heterocycles. The molecule has 0 amide bonds. The first-order chi connectivity index (χ1) is 12.3. The Morgan fingerprint density at radius 1 is 1.50 bits per heavy atom. The number of aliphatic hydroxyl groups is 1. The van der Waals surface area contributed by atoms with Crippen molar-refractivity contribution in [3.05, 3.63) is 39.8 Å². The second-order valence-corrected chi connectivity index (χ2v) is 7.23. The summed E-state index contributed by atoms with van der Waals surface area (Å²) in [6, 6.07) is 3.78. The van der Waals surface area contributed by atoms with Crippen LogP contribution in [0.1, 0.15) is 34.8 Å². The molecule has 7 nitrogen and oxygen atoms in total. The fourth-order valence-corrected chi connectivity index (χ4v) is 3.68. The van der Waals surface area contributed by atoms with Crippen molar-refractivity contribution in [2.45, 2.75) is 26.4 Å². The maximum atomic E-state index is 12.4. The van der Waals surface area contributed by atoms with Crippen LogP contribution in [0.15, 0.2) is 23.7 Å². The highest BCUT2D eigenvalue weighted by Gasteiger charge is 2.27. The molecule has 1 atom stereocenters. The molecule has 0 aliphatic carbocycles. The van der Waals surface area contributed by atoms with Crippen molar-refractivity contribution >= 4 is 34.0 Å². The van der Waals surface area contributed by atoms with E-state index in [1.807, 2.05) is 24.4 Å². The van der Waals surface area contributed by atoms with Crippen LogP contribution in [0.4, 0.5) is 5.69 Å². The molecule has 3 aromatic rings. The van der Waals surface area contributed by atoms with Gasteiger partial charge in [0.25, 0.3) is 0 Å². The van der Waals surface area contributed by atoms with Crippen molar-refractivity contribution in [2.75, 3.05) is 18.5 Å². The highest BCUT2D eigenvalue weighted by atomic mass is 32.1. The van der Waals surface area contributed by atoms with E-state index < -0.39 is 11.6 Å². The van der Waals surface area contributed by atoms with Gasteiger partial charge >= 0.3 is 5.97 Å². The first-order valence-electron chi connectivity index (χ1n) is 8.34. The average Bonchev–Trinajstić information content (AvgIpc) is 3.22. The van der Waals surface area contributed by atoms with Crippen LogP contribution in [-0.4, -0.2) is 39.0 Å². The topological polar surface area (TPSA) is 89.3 Å². The van der Waals surface area contributed by atoms with Crippen LogP contribution in [0.25, 0.3) is 11.0 Å². The van der Waals surface area contributed by atoms with Gasteiger partial charge in [0.1, 0.15) is 11.2 Å². The minimum absolute atomic E-state index is 0.230. The third-order valence-electron chi connectivity index (χ3n) is 4.18. The van der Waals surface area contributed by atoms with Crippen LogP contribution in [0.2, 0.25) is 0 Å². The van der Waals surface area contributed by atoms with Crippen LogP contribution in [0.5, 0.6) is 0 Å². The van der Waals surface area contributed by atoms with Gasteiger partial charge < -0.3 is 15.2 Å². The molecule has 26 heavy (non-hydrogen) atoms. The predicted molar refractivity (Wildman–Crippen MR) is 102 cm³/mol. The van der Waals surface area contributed by atoms with Crippen molar-refractivity contribution in [3.8, 4) is 0 Å². The van der Waals surface area contributed by atoms with Gasteiger partial charge in [0.15, 0.2) is 5.65 Å². The second kappa shape index (κ2) is 7.05. The molecule has 0 fully saturated rings. The molecule has 138 valence electrons. The van der Waals surface area contributed by atoms with Crippen molar-refractivity contribution < 1.29 is 14.6 Å². The zero-order valence-corrected chi connectivity index (χ0v) is 16.1. The van der Waals surface area contributed by atoms with E-state index >= 15 is 0 Å². The number of aromatic nitrogens is 3. The third-order valence-corrected chi connectivity index (χ3v) is 5.31. The van der Waals surface area contributed by atoms with E-state index in [0.29, 0.717) is 16.9 Å². The molecule has 2 N–H and O–H groups in total. The van der Waals surface area contributed by atoms with Crippen LogP contribution in [-0.2, 0) is 17.4 Å². The Morgan fingerprint density at radius 2 is 2.27 bits per heavy atom. The number of esters is 1. The first kappa shape index (κ1) is 18.3. The summed E-state index contributed by atoms with van der Waals surface area (Å²) in [6.45, 7) is 5.86. The number of fused-ring (bicyclic) bond motifs is 1. The van der Waals surface area contributed by atoms with E-state index in [2.05, 4.69) is 15.4 Å². The molecule has 0 bridgehead atoms. The standard InChI is InChI=1S/C18H22N4O3S/c1-5-25-17(23)12-9-19-16-14(11(2)21-22(16)4)15(12)20-10-18(3,24)13-7-6-8-26-13/h6-9,24H,5,10H2,1-4H3,(H,19,20). The molecule has 0 spiro atoms. The van der Waals surface area contributed by atoms with Gasteiger partial charge in [0, 0.05) is 24.7 Å². The Hall–Kier alpha value is -2.45. The lowest BCUT2D eigenvalue weighted by atomic mass is 10.0. The first-order valence-corrected chi connectivity index (χ1v) is 9.22. The van der Waals surface area contributed by atoms with Gasteiger partial charge in [-0.1, -0.05) is 6.07 Å². The molecule has 0 radical (unpaired) electrons. The molecule has 0 aromatic carbocycles. The van der Waals surface area contributed by atoms with Gasteiger partial charge in [-0.05, 0) is 32.2 Å². The van der Waals surface area contributed by atoms with E-state index in [-0.39, 0.29) is 13.2 Å². The molecule has 3 rings (SSSR count). The highest BCUT2D eigenvalue weighted by Crippen LogP contribution is 2.31. The molecule has 3 heterocycles. The number of carbonyl (C=O) groups excluding carboxylic acids is 1. The van der Waals surface area contributed by atoms with Gasteiger partial charge in [-0.3, -0.25) is 4.68 Å². The minimum atomic E-state index is -1.08. The smallest absolute Gasteiger partial charge is 0.341 e. The number of nitrogens with one attached hydrogen (secondary N) is 1. The summed E-state index contributed by atoms with van der Waals surface area (Å²) < 4.78 is 6.83. The number of anilines is 1. The molecule has 0 saturated carbocycles. The summed E-state index contributed by atoms with van der Waals surface area (Å²) in [5.41, 5.74) is 1.24. The number of aryl methyl sites for hydroxylation is 2. The Kier molecular flexibility index (Phi) is 4.97. The summed E-state index contributed by atoms with van der Waals surface area (Å²) in [5.74, 6) is -0.455. The maximum Gasteiger partial charge on any atom is 0.341 e. The largest absolute Gasteiger partial charge is 0.462 e. The summed E-state index contributed by atoms with van der Waals surface area (Å²) in [5, 5.41) is 21.1. The van der Waals surface area contributed by atoms with Crippen molar-refractivity contribution in [1.29, 1.82) is 0 Å². The van der Waals surface area contributed by atoms with Gasteiger partial charge in [-0.25, -0.2) is 9.78 Å². The van der Waals surface area contributed by atoms with E-state index in [1.165, 1.54) is 17.5 Å². The van der Waals surface area contributed by atoms with Gasteiger partial charge in [-0.2, -0.15) is 5.10 Å². The third kappa shape index (κ3) is 3.30. The minimum Gasteiger partial charge on any atom is -0.462 e. The summed E-state index contributed by atoms with van der Waals surface area (Å²) in [4.78, 5) is 17.6. The van der Waals surface area contributed by atoms with Crippen LogP contribution in [0, 0.1) is 6.92 Å². The fraction of sp³-hybridized carbons (Fsp3) is 0.389. The normalized spacial score (nSPS) is 13.6. The SMILES string of the molecule is CCOC(=O)c1cnc2c(c(C)nn2C)c1NCC(C)(O)c1cccs1. The summed E-state index contributed by atoms with van der Waals surface area (Å²) in [6.07, 6.45) is 1.49. The zero-order valence-electron chi connectivity index (χ0n) is 15.2. The van der Waals surface area contributed by atoms with Gasteiger partial charge in [0.2, 0.25) is 0 Å². The number of nitrogens with zero attached hydrogens (tertiary/aromatic N) is 3. The summed E-state index contributed by atoms with van der Waals surface area (Å²) in [7, 11) is 1.80. The van der Waals surface area contributed by atoms with Crippen LogP contribution >= 0.6 is 11.3 Å². The Morgan fingerprint density at radius 3 is 2.92 bits per heavy atom. The Bertz CT molecular complexity index is 932. The second-order valence-electron chi connectivity index (χ2n) is 6.28. The maximum absolute atomic E-state index is 12.4. The molecular weight excluding hydrogens is 352 g/mol. The van der Waals surface area contributed by atoms with Gasteiger partial charge in [-0.15, -0.1) is 11.3 Å². The van der Waals surface area contributed by atoms with Crippen LogP contribution < -0.4 is 5.32 Å². The molecular formula is C18H22N4O3S. The van der Waals surface area contributed by atoms with E-state index in [9.17, 15) is 9.90 Å². The lowest BCUT2D eigenvalue weighted by Crippen LogP contribution is -2.30. The number of hydrogen-bond donors (Lipinski definition) is 2. The summed E-state index contributed by atoms with van der Waals surface area (Å²) >= 11 is 1.48. The van der Waals surface area contributed by atoms with Crippen molar-refractivity contribution in [1.82, 2.24) is 14.8 Å².